The Labute approximate surface area is 96.0 Å². The molecule has 0 amide bonds. The van der Waals surface area contributed by atoms with Crippen molar-refractivity contribution in [2.75, 3.05) is 6.54 Å². The van der Waals surface area contributed by atoms with Gasteiger partial charge < -0.3 is 5.32 Å². The Morgan fingerprint density at radius 2 is 1.80 bits per heavy atom. The van der Waals surface area contributed by atoms with Crippen LogP contribution >= 0.6 is 0 Å². The topological polar surface area (TPSA) is 12.0 Å². The van der Waals surface area contributed by atoms with E-state index in [1.807, 2.05) is 0 Å². The van der Waals surface area contributed by atoms with Crippen LogP contribution in [-0.4, -0.2) is 12.6 Å². The molecule has 0 bridgehead atoms. The molecule has 0 radical (unpaired) electrons. The summed E-state index contributed by atoms with van der Waals surface area (Å²) < 4.78 is 0. The van der Waals surface area contributed by atoms with E-state index in [2.05, 4.69) is 33.0 Å². The molecule has 0 spiro atoms. The van der Waals surface area contributed by atoms with Crippen molar-refractivity contribution in [1.82, 2.24) is 5.32 Å². The summed E-state index contributed by atoms with van der Waals surface area (Å²) in [6, 6.07) is 0.857. The number of nitrogens with one attached hydrogen (secondary N) is 1. The Hall–Kier alpha value is -0.0400. The van der Waals surface area contributed by atoms with Gasteiger partial charge in [-0.2, -0.15) is 0 Å². The second kappa shape index (κ2) is 5.89. The molecule has 0 aliphatic heterocycles. The van der Waals surface area contributed by atoms with Crippen LogP contribution in [0.1, 0.15) is 66.2 Å². The van der Waals surface area contributed by atoms with Gasteiger partial charge in [-0.25, -0.2) is 0 Å². The van der Waals surface area contributed by atoms with E-state index in [-0.39, 0.29) is 0 Å². The van der Waals surface area contributed by atoms with Crippen molar-refractivity contribution < 1.29 is 0 Å². The molecule has 1 aliphatic carbocycles. The number of hydrogen-bond acceptors (Lipinski definition) is 1. The van der Waals surface area contributed by atoms with Gasteiger partial charge in [0.25, 0.3) is 0 Å². The molecule has 15 heavy (non-hydrogen) atoms. The molecule has 1 N–H and O–H groups in total. The van der Waals surface area contributed by atoms with E-state index in [1.54, 1.807) is 0 Å². The molecule has 1 fully saturated rings. The summed E-state index contributed by atoms with van der Waals surface area (Å²) in [5.74, 6) is 0.892. The molecule has 90 valence electrons. The van der Waals surface area contributed by atoms with E-state index in [9.17, 15) is 0 Å². The quantitative estimate of drug-likeness (QED) is 0.640. The third-order valence-electron chi connectivity index (χ3n) is 4.16. The smallest absolute Gasteiger partial charge is 0.00684 e. The van der Waals surface area contributed by atoms with E-state index in [0.29, 0.717) is 5.41 Å². The first-order valence-electron chi connectivity index (χ1n) is 6.89. The van der Waals surface area contributed by atoms with Crippen LogP contribution in [0.15, 0.2) is 0 Å². The zero-order valence-corrected chi connectivity index (χ0v) is 11.1. The Morgan fingerprint density at radius 3 is 2.20 bits per heavy atom. The Bertz CT molecular complexity index is 170. The van der Waals surface area contributed by atoms with Crippen LogP contribution < -0.4 is 5.32 Å². The van der Waals surface area contributed by atoms with Crippen LogP contribution in [0.5, 0.6) is 0 Å². The predicted octanol–water partition coefficient (Wildman–Crippen LogP) is 3.98. The van der Waals surface area contributed by atoms with Gasteiger partial charge >= 0.3 is 0 Å². The summed E-state index contributed by atoms with van der Waals surface area (Å²) in [5.41, 5.74) is 0.529. The SMILES string of the molecule is CCCC(C)(CNC1CC1)C(CC)CC. The molecule has 0 heterocycles. The third kappa shape index (κ3) is 3.79. The lowest BCUT2D eigenvalue weighted by Crippen LogP contribution is -2.38. The highest BCUT2D eigenvalue weighted by atomic mass is 15.0. The molecule has 0 aromatic carbocycles. The molecular formula is C14H29N. The largest absolute Gasteiger partial charge is 0.313 e. The predicted molar refractivity (Wildman–Crippen MR) is 68.1 cm³/mol. The van der Waals surface area contributed by atoms with Gasteiger partial charge in [-0.15, -0.1) is 0 Å². The molecule has 0 aromatic rings. The van der Waals surface area contributed by atoms with Crippen LogP contribution in [0.2, 0.25) is 0 Å². The van der Waals surface area contributed by atoms with E-state index in [1.165, 1.54) is 45.1 Å². The van der Waals surface area contributed by atoms with Crippen molar-refractivity contribution in [2.24, 2.45) is 11.3 Å². The number of hydrogen-bond donors (Lipinski definition) is 1. The average molecular weight is 211 g/mol. The summed E-state index contributed by atoms with van der Waals surface area (Å²) in [4.78, 5) is 0. The first-order chi connectivity index (χ1) is 7.16. The van der Waals surface area contributed by atoms with E-state index in [4.69, 9.17) is 0 Å². The fourth-order valence-electron chi connectivity index (χ4n) is 2.95. The molecule has 1 unspecified atom stereocenters. The Kier molecular flexibility index (Phi) is 5.11. The van der Waals surface area contributed by atoms with Gasteiger partial charge in [0, 0.05) is 12.6 Å². The standard InChI is InChI=1S/C14H29N/c1-5-10-14(4,12(6-2)7-3)11-15-13-8-9-13/h12-13,15H,5-11H2,1-4H3. The first kappa shape index (κ1) is 13.0. The van der Waals surface area contributed by atoms with Crippen LogP contribution in [0.4, 0.5) is 0 Å². The maximum Gasteiger partial charge on any atom is 0.00684 e. The highest BCUT2D eigenvalue weighted by molar-refractivity contribution is 4.88. The molecular weight excluding hydrogens is 182 g/mol. The van der Waals surface area contributed by atoms with Crippen LogP contribution in [0, 0.1) is 11.3 Å². The second-order valence-electron chi connectivity index (χ2n) is 5.57. The number of rotatable bonds is 8. The zero-order valence-electron chi connectivity index (χ0n) is 11.1. The summed E-state index contributed by atoms with van der Waals surface area (Å²) in [7, 11) is 0. The minimum Gasteiger partial charge on any atom is -0.313 e. The fraction of sp³-hybridized carbons (Fsp3) is 1.00. The molecule has 1 saturated carbocycles. The van der Waals surface area contributed by atoms with Gasteiger partial charge in [0.1, 0.15) is 0 Å². The fourth-order valence-corrected chi connectivity index (χ4v) is 2.95. The molecule has 1 heteroatoms. The lowest BCUT2D eigenvalue weighted by Gasteiger charge is -2.37. The third-order valence-corrected chi connectivity index (χ3v) is 4.16. The van der Waals surface area contributed by atoms with Crippen molar-refractivity contribution in [3.8, 4) is 0 Å². The van der Waals surface area contributed by atoms with Crippen LogP contribution in [-0.2, 0) is 0 Å². The Morgan fingerprint density at radius 1 is 1.20 bits per heavy atom. The monoisotopic (exact) mass is 211 g/mol. The average Bonchev–Trinajstić information content (AvgIpc) is 3.00. The zero-order chi connectivity index (χ0) is 11.3. The van der Waals surface area contributed by atoms with E-state index in [0.717, 1.165) is 12.0 Å². The minimum absolute atomic E-state index is 0.529. The van der Waals surface area contributed by atoms with Gasteiger partial charge in [0.05, 0.1) is 0 Å². The molecule has 0 saturated heterocycles. The van der Waals surface area contributed by atoms with Crippen LogP contribution in [0.25, 0.3) is 0 Å². The highest BCUT2D eigenvalue weighted by Gasteiger charge is 2.33. The van der Waals surface area contributed by atoms with Gasteiger partial charge in [-0.1, -0.05) is 47.0 Å². The lowest BCUT2D eigenvalue weighted by molar-refractivity contribution is 0.150. The summed E-state index contributed by atoms with van der Waals surface area (Å²) in [5, 5.41) is 3.73. The summed E-state index contributed by atoms with van der Waals surface area (Å²) in [6.45, 7) is 10.7. The summed E-state index contributed by atoms with van der Waals surface area (Å²) >= 11 is 0. The van der Waals surface area contributed by atoms with Crippen molar-refractivity contribution in [2.45, 2.75) is 72.3 Å². The lowest BCUT2D eigenvalue weighted by atomic mass is 9.71. The van der Waals surface area contributed by atoms with Crippen molar-refractivity contribution in [3.63, 3.8) is 0 Å². The molecule has 1 aliphatic rings. The normalized spacial score (nSPS) is 20.6. The van der Waals surface area contributed by atoms with Crippen molar-refractivity contribution in [1.29, 1.82) is 0 Å². The summed E-state index contributed by atoms with van der Waals surface area (Å²) in [6.07, 6.45) is 8.17. The van der Waals surface area contributed by atoms with E-state index >= 15 is 0 Å². The van der Waals surface area contributed by atoms with Crippen molar-refractivity contribution in [3.05, 3.63) is 0 Å². The first-order valence-corrected chi connectivity index (χ1v) is 6.89. The molecule has 1 nitrogen and oxygen atoms in total. The van der Waals surface area contributed by atoms with Gasteiger partial charge in [0.2, 0.25) is 0 Å². The van der Waals surface area contributed by atoms with Crippen molar-refractivity contribution >= 4 is 0 Å². The molecule has 1 atom stereocenters. The highest BCUT2D eigenvalue weighted by Crippen LogP contribution is 2.37. The molecule has 1 rings (SSSR count). The van der Waals surface area contributed by atoms with Gasteiger partial charge in [-0.3, -0.25) is 0 Å². The van der Waals surface area contributed by atoms with Crippen LogP contribution in [0.3, 0.4) is 0 Å². The Balaban J connectivity index is 2.48. The van der Waals surface area contributed by atoms with Gasteiger partial charge in [-0.05, 0) is 30.6 Å². The maximum absolute atomic E-state index is 3.73. The van der Waals surface area contributed by atoms with Gasteiger partial charge in [0.15, 0.2) is 0 Å². The second-order valence-corrected chi connectivity index (χ2v) is 5.57. The maximum atomic E-state index is 3.73. The van der Waals surface area contributed by atoms with E-state index < -0.39 is 0 Å². The molecule has 0 aromatic heterocycles. The minimum atomic E-state index is 0.529.